The number of carbonyl (C=O) groups is 4. The molecule has 0 bridgehead atoms. The van der Waals surface area contributed by atoms with Crippen LogP contribution >= 0.6 is 0 Å². The highest BCUT2D eigenvalue weighted by molar-refractivity contribution is 6.21. The van der Waals surface area contributed by atoms with E-state index in [1.165, 1.54) is 29.2 Å². The highest BCUT2D eigenvalue weighted by atomic mass is 16.7. The van der Waals surface area contributed by atoms with Gasteiger partial charge in [-0.15, -0.1) is 0 Å². The highest BCUT2D eigenvalue weighted by Gasteiger charge is 2.39. The molecule has 124 valence electrons. The Morgan fingerprint density at radius 1 is 1.00 bits per heavy atom. The number of hydrogen-bond acceptors (Lipinski definition) is 5. The maximum atomic E-state index is 12.4. The lowest BCUT2D eigenvalue weighted by Crippen LogP contribution is -2.32. The molecule has 4 rings (SSSR count). The predicted molar refractivity (Wildman–Crippen MR) is 85.9 cm³/mol. The average molecular weight is 336 g/mol. The fourth-order valence-corrected chi connectivity index (χ4v) is 2.95. The maximum Gasteiger partial charge on any atom is 0.364 e. The lowest BCUT2D eigenvalue weighted by Gasteiger charge is -2.14. The van der Waals surface area contributed by atoms with Crippen molar-refractivity contribution in [1.29, 1.82) is 0 Å². The van der Waals surface area contributed by atoms with Crippen molar-refractivity contribution in [2.24, 2.45) is 0 Å². The van der Waals surface area contributed by atoms with Crippen LogP contribution in [0.5, 0.6) is 0 Å². The molecule has 0 spiro atoms. The van der Waals surface area contributed by atoms with Gasteiger partial charge < -0.3 is 9.74 Å². The van der Waals surface area contributed by atoms with E-state index >= 15 is 0 Å². The van der Waals surface area contributed by atoms with E-state index in [2.05, 4.69) is 0 Å². The number of amides is 3. The third kappa shape index (κ3) is 2.20. The molecule has 7 nitrogen and oxygen atoms in total. The summed E-state index contributed by atoms with van der Waals surface area (Å²) in [6.07, 6.45) is 0.277. The number of benzene rings is 2. The van der Waals surface area contributed by atoms with Gasteiger partial charge in [0.1, 0.15) is 0 Å². The van der Waals surface area contributed by atoms with Gasteiger partial charge in [-0.3, -0.25) is 14.4 Å². The number of hydroxylamine groups is 2. The molecular weight excluding hydrogens is 324 g/mol. The van der Waals surface area contributed by atoms with Gasteiger partial charge in [0.05, 0.1) is 23.1 Å². The Morgan fingerprint density at radius 3 is 2.28 bits per heavy atom. The fourth-order valence-electron chi connectivity index (χ4n) is 2.95. The second-order valence-corrected chi connectivity index (χ2v) is 5.80. The summed E-state index contributed by atoms with van der Waals surface area (Å²) < 4.78 is 0. The SMILES string of the molecule is CN1C(=O)Cc2ccc(C(=O)ON3C(=O)c4ccccc4C3=O)cc21. The van der Waals surface area contributed by atoms with Gasteiger partial charge in [0.15, 0.2) is 0 Å². The van der Waals surface area contributed by atoms with Crippen molar-refractivity contribution >= 4 is 29.4 Å². The van der Waals surface area contributed by atoms with Crippen LogP contribution in [0.25, 0.3) is 0 Å². The van der Waals surface area contributed by atoms with Gasteiger partial charge in [0.2, 0.25) is 5.91 Å². The zero-order valence-corrected chi connectivity index (χ0v) is 13.2. The molecule has 0 saturated carbocycles. The summed E-state index contributed by atoms with van der Waals surface area (Å²) in [4.78, 5) is 55.0. The van der Waals surface area contributed by atoms with Crippen LogP contribution in [0.15, 0.2) is 42.5 Å². The molecule has 2 aromatic carbocycles. The summed E-state index contributed by atoms with van der Waals surface area (Å²) in [5.74, 6) is -2.27. The molecule has 0 N–H and O–H groups in total. The molecule has 25 heavy (non-hydrogen) atoms. The molecule has 3 amide bonds. The zero-order chi connectivity index (χ0) is 17.7. The topological polar surface area (TPSA) is 84.0 Å². The molecule has 2 aromatic rings. The standard InChI is InChI=1S/C18H12N2O5/c1-19-14-8-11(7-6-10(14)9-15(19)21)18(24)25-20-16(22)12-4-2-3-5-13(12)17(20)23/h2-8H,9H2,1H3. The van der Waals surface area contributed by atoms with Gasteiger partial charge in [0.25, 0.3) is 11.8 Å². The lowest BCUT2D eigenvalue weighted by molar-refractivity contribution is -0.117. The smallest absolute Gasteiger partial charge is 0.324 e. The first-order valence-electron chi connectivity index (χ1n) is 7.57. The van der Waals surface area contributed by atoms with Gasteiger partial charge in [-0.2, -0.15) is 0 Å². The number of imide groups is 1. The van der Waals surface area contributed by atoms with Gasteiger partial charge in [0, 0.05) is 12.7 Å². The Labute approximate surface area is 142 Å². The number of likely N-dealkylation sites (N-methyl/N-ethyl adjacent to an activating group) is 1. The Morgan fingerprint density at radius 2 is 1.64 bits per heavy atom. The summed E-state index contributed by atoms with van der Waals surface area (Å²) in [5.41, 5.74) is 1.96. The zero-order valence-electron chi connectivity index (χ0n) is 13.2. The van der Waals surface area contributed by atoms with Gasteiger partial charge in [-0.25, -0.2) is 4.79 Å². The quantitative estimate of drug-likeness (QED) is 0.777. The Hall–Kier alpha value is -3.48. The van der Waals surface area contributed by atoms with E-state index in [1.54, 1.807) is 25.2 Å². The molecule has 0 fully saturated rings. The van der Waals surface area contributed by atoms with Crippen LogP contribution in [0.4, 0.5) is 5.69 Å². The first-order chi connectivity index (χ1) is 12.0. The lowest BCUT2D eigenvalue weighted by atomic mass is 10.1. The van der Waals surface area contributed by atoms with Gasteiger partial charge in [-0.1, -0.05) is 23.3 Å². The molecule has 0 aliphatic carbocycles. The van der Waals surface area contributed by atoms with Gasteiger partial charge >= 0.3 is 5.97 Å². The summed E-state index contributed by atoms with van der Waals surface area (Å²) in [5, 5.41) is 0.467. The minimum Gasteiger partial charge on any atom is -0.324 e. The normalized spacial score (nSPS) is 15.5. The summed E-state index contributed by atoms with van der Waals surface area (Å²) in [7, 11) is 1.62. The van der Waals surface area contributed by atoms with Crippen LogP contribution in [0.2, 0.25) is 0 Å². The van der Waals surface area contributed by atoms with Crippen LogP contribution in [0.3, 0.4) is 0 Å². The summed E-state index contributed by atoms with van der Waals surface area (Å²) in [6, 6.07) is 10.9. The maximum absolute atomic E-state index is 12.4. The van der Waals surface area contributed by atoms with Crippen molar-refractivity contribution < 1.29 is 24.0 Å². The number of nitrogens with zero attached hydrogens (tertiary/aromatic N) is 2. The number of carbonyl (C=O) groups excluding carboxylic acids is 4. The van der Waals surface area contributed by atoms with E-state index < -0.39 is 17.8 Å². The van der Waals surface area contributed by atoms with E-state index in [4.69, 9.17) is 4.84 Å². The molecule has 0 atom stereocenters. The Kier molecular flexibility index (Phi) is 3.18. The predicted octanol–water partition coefficient (Wildman–Crippen LogP) is 1.57. The van der Waals surface area contributed by atoms with Crippen LogP contribution in [0.1, 0.15) is 36.6 Å². The van der Waals surface area contributed by atoms with Crippen molar-refractivity contribution in [3.05, 3.63) is 64.7 Å². The minimum atomic E-state index is -0.843. The third-order valence-corrected chi connectivity index (χ3v) is 4.33. The second-order valence-electron chi connectivity index (χ2n) is 5.80. The number of anilines is 1. The van der Waals surface area contributed by atoms with Crippen molar-refractivity contribution in [2.45, 2.75) is 6.42 Å². The molecular formula is C18H12N2O5. The van der Waals surface area contributed by atoms with Crippen LogP contribution in [0, 0.1) is 0 Å². The Balaban J connectivity index is 1.59. The molecule has 2 heterocycles. The largest absolute Gasteiger partial charge is 0.364 e. The monoisotopic (exact) mass is 336 g/mol. The average Bonchev–Trinajstić information content (AvgIpc) is 3.04. The van der Waals surface area contributed by atoms with E-state index in [-0.39, 0.29) is 29.0 Å². The van der Waals surface area contributed by atoms with E-state index in [0.29, 0.717) is 10.8 Å². The molecule has 0 aromatic heterocycles. The molecule has 0 radical (unpaired) electrons. The first-order valence-corrected chi connectivity index (χ1v) is 7.57. The molecule has 2 aliphatic rings. The van der Waals surface area contributed by atoms with Crippen molar-refractivity contribution in [3.63, 3.8) is 0 Å². The van der Waals surface area contributed by atoms with Crippen LogP contribution < -0.4 is 4.90 Å². The van der Waals surface area contributed by atoms with Crippen molar-refractivity contribution in [2.75, 3.05) is 11.9 Å². The van der Waals surface area contributed by atoms with E-state index in [9.17, 15) is 19.2 Å². The molecule has 0 unspecified atom stereocenters. The highest BCUT2D eigenvalue weighted by Crippen LogP contribution is 2.29. The Bertz CT molecular complexity index is 931. The molecule has 0 saturated heterocycles. The molecule has 7 heteroatoms. The van der Waals surface area contributed by atoms with Crippen LogP contribution in [-0.2, 0) is 16.1 Å². The first kappa shape index (κ1) is 15.1. The number of rotatable bonds is 2. The second kappa shape index (κ2) is 5.27. The third-order valence-electron chi connectivity index (χ3n) is 4.33. The van der Waals surface area contributed by atoms with Crippen LogP contribution in [-0.4, -0.2) is 35.8 Å². The van der Waals surface area contributed by atoms with E-state index in [0.717, 1.165) is 5.56 Å². The van der Waals surface area contributed by atoms with E-state index in [1.807, 2.05) is 0 Å². The number of fused-ring (bicyclic) bond motifs is 2. The van der Waals surface area contributed by atoms with Gasteiger partial charge in [-0.05, 0) is 29.8 Å². The van der Waals surface area contributed by atoms with Crippen molar-refractivity contribution in [1.82, 2.24) is 5.06 Å². The number of hydrogen-bond donors (Lipinski definition) is 0. The summed E-state index contributed by atoms with van der Waals surface area (Å²) >= 11 is 0. The minimum absolute atomic E-state index is 0.0686. The summed E-state index contributed by atoms with van der Waals surface area (Å²) in [6.45, 7) is 0. The fraction of sp³-hybridized carbons (Fsp3) is 0.111. The van der Waals surface area contributed by atoms with Crippen molar-refractivity contribution in [3.8, 4) is 0 Å². The molecule has 2 aliphatic heterocycles.